The van der Waals surface area contributed by atoms with Gasteiger partial charge in [-0.1, -0.05) is 33.6 Å². The van der Waals surface area contributed by atoms with E-state index in [0.717, 1.165) is 12.8 Å². The van der Waals surface area contributed by atoms with Crippen molar-refractivity contribution >= 4 is 11.9 Å². The predicted molar refractivity (Wildman–Crippen MR) is 84.7 cm³/mol. The summed E-state index contributed by atoms with van der Waals surface area (Å²) in [6, 6.07) is 5.06. The minimum Gasteiger partial charge on any atom is -0.478 e. The number of rotatable bonds is 9. The van der Waals surface area contributed by atoms with Crippen LogP contribution in [0.3, 0.4) is 0 Å². The van der Waals surface area contributed by atoms with Crippen LogP contribution < -0.4 is 10.1 Å². The molecule has 0 heterocycles. The van der Waals surface area contributed by atoms with Crippen molar-refractivity contribution in [2.75, 3.05) is 6.54 Å². The van der Waals surface area contributed by atoms with Crippen molar-refractivity contribution in [1.29, 1.82) is 0 Å². The Kier molecular flexibility index (Phi) is 7.51. The van der Waals surface area contributed by atoms with Crippen molar-refractivity contribution < 1.29 is 23.8 Å². The van der Waals surface area contributed by atoms with E-state index in [0.29, 0.717) is 0 Å². The van der Waals surface area contributed by atoms with Crippen LogP contribution in [0.15, 0.2) is 24.3 Å². The molecule has 1 aromatic rings. The highest BCUT2D eigenvalue weighted by molar-refractivity contribution is 5.80. The molecular formula is C17H24FNO4. The second-order valence-corrected chi connectivity index (χ2v) is 5.51. The third-order valence-electron chi connectivity index (χ3n) is 4.00. The van der Waals surface area contributed by atoms with Crippen molar-refractivity contribution in [3.63, 3.8) is 0 Å². The molecule has 0 saturated heterocycles. The lowest BCUT2D eigenvalue weighted by Crippen LogP contribution is -2.43. The van der Waals surface area contributed by atoms with Crippen molar-refractivity contribution in [2.24, 2.45) is 11.8 Å². The zero-order valence-corrected chi connectivity index (χ0v) is 13.7. The maximum Gasteiger partial charge on any atom is 0.346 e. The van der Waals surface area contributed by atoms with E-state index >= 15 is 0 Å². The molecule has 0 radical (unpaired) electrons. The fourth-order valence-corrected chi connectivity index (χ4v) is 2.42. The number of carbonyl (C=O) groups excluding carboxylic acids is 1. The molecule has 128 valence electrons. The quantitative estimate of drug-likeness (QED) is 0.732. The molecule has 23 heavy (non-hydrogen) atoms. The molecule has 2 atom stereocenters. The average Bonchev–Trinajstić information content (AvgIpc) is 2.53. The van der Waals surface area contributed by atoms with Crippen LogP contribution in [0.1, 0.15) is 33.6 Å². The number of nitrogens with one attached hydrogen (secondary N) is 1. The molecule has 0 aliphatic rings. The lowest BCUT2D eigenvalue weighted by molar-refractivity contribution is -0.145. The molecule has 0 aromatic heterocycles. The molecule has 1 aromatic carbocycles. The smallest absolute Gasteiger partial charge is 0.346 e. The highest BCUT2D eigenvalue weighted by atomic mass is 19.1. The molecule has 0 aliphatic heterocycles. The SMILES string of the molecule is CCC(CC)C(C)C(=O)NCC(Oc1ccc(F)cc1)C(=O)O. The topological polar surface area (TPSA) is 75.6 Å². The number of carbonyl (C=O) groups is 2. The number of ether oxygens (including phenoxy) is 1. The lowest BCUT2D eigenvalue weighted by atomic mass is 9.88. The Bertz CT molecular complexity index is 514. The lowest BCUT2D eigenvalue weighted by Gasteiger charge is -2.22. The van der Waals surface area contributed by atoms with Crippen molar-refractivity contribution in [2.45, 2.75) is 39.7 Å². The number of carboxylic acid groups (broad SMARTS) is 1. The summed E-state index contributed by atoms with van der Waals surface area (Å²) in [5.74, 6) is -1.50. The summed E-state index contributed by atoms with van der Waals surface area (Å²) in [5, 5.41) is 11.8. The van der Waals surface area contributed by atoms with E-state index in [1.54, 1.807) is 0 Å². The molecule has 2 unspecified atom stereocenters. The maximum absolute atomic E-state index is 12.8. The zero-order valence-electron chi connectivity index (χ0n) is 13.7. The van der Waals surface area contributed by atoms with Gasteiger partial charge in [0.15, 0.2) is 0 Å². The summed E-state index contributed by atoms with van der Waals surface area (Å²) in [6.07, 6.45) is 0.553. The third-order valence-corrected chi connectivity index (χ3v) is 4.00. The number of amides is 1. The molecule has 1 amide bonds. The Morgan fingerprint density at radius 1 is 1.22 bits per heavy atom. The summed E-state index contributed by atoms with van der Waals surface area (Å²) in [7, 11) is 0. The van der Waals surface area contributed by atoms with Crippen molar-refractivity contribution in [1.82, 2.24) is 5.32 Å². The van der Waals surface area contributed by atoms with Gasteiger partial charge in [0.1, 0.15) is 11.6 Å². The van der Waals surface area contributed by atoms with E-state index in [1.165, 1.54) is 24.3 Å². The van der Waals surface area contributed by atoms with Crippen LogP contribution >= 0.6 is 0 Å². The van der Waals surface area contributed by atoms with Crippen LogP contribution in [-0.4, -0.2) is 29.6 Å². The number of aliphatic carboxylic acids is 1. The van der Waals surface area contributed by atoms with Crippen molar-refractivity contribution in [3.8, 4) is 5.75 Å². The van der Waals surface area contributed by atoms with Gasteiger partial charge in [0.05, 0.1) is 6.54 Å². The first-order valence-corrected chi connectivity index (χ1v) is 7.81. The molecule has 2 N–H and O–H groups in total. The predicted octanol–water partition coefficient (Wildman–Crippen LogP) is 2.85. The van der Waals surface area contributed by atoms with Gasteiger partial charge in [-0.15, -0.1) is 0 Å². The van der Waals surface area contributed by atoms with Gasteiger partial charge in [-0.05, 0) is 30.2 Å². The normalized spacial score (nSPS) is 13.4. The highest BCUT2D eigenvalue weighted by Gasteiger charge is 2.25. The first-order chi connectivity index (χ1) is 10.9. The van der Waals surface area contributed by atoms with Crippen LogP contribution in [0.5, 0.6) is 5.75 Å². The summed E-state index contributed by atoms with van der Waals surface area (Å²) < 4.78 is 18.1. The second kappa shape index (κ2) is 9.12. The average molecular weight is 325 g/mol. The highest BCUT2D eigenvalue weighted by Crippen LogP contribution is 2.19. The Labute approximate surface area is 135 Å². The van der Waals surface area contributed by atoms with Crippen LogP contribution in [0, 0.1) is 17.7 Å². The van der Waals surface area contributed by atoms with E-state index in [-0.39, 0.29) is 30.0 Å². The zero-order chi connectivity index (χ0) is 17.4. The minimum atomic E-state index is -1.22. The van der Waals surface area contributed by atoms with Gasteiger partial charge in [0, 0.05) is 5.92 Å². The molecule has 0 fully saturated rings. The van der Waals surface area contributed by atoms with Crippen LogP contribution in [0.25, 0.3) is 0 Å². The van der Waals surface area contributed by atoms with Gasteiger partial charge < -0.3 is 15.2 Å². The maximum atomic E-state index is 12.8. The number of halogens is 1. The number of benzene rings is 1. The van der Waals surface area contributed by atoms with Gasteiger partial charge in [0.25, 0.3) is 0 Å². The molecular weight excluding hydrogens is 301 g/mol. The molecule has 6 heteroatoms. The van der Waals surface area contributed by atoms with Crippen LogP contribution in [0.4, 0.5) is 4.39 Å². The Balaban J connectivity index is 2.61. The van der Waals surface area contributed by atoms with E-state index in [9.17, 15) is 19.1 Å². The van der Waals surface area contributed by atoms with Gasteiger partial charge in [-0.2, -0.15) is 0 Å². The summed E-state index contributed by atoms with van der Waals surface area (Å²) in [5.41, 5.74) is 0. The third kappa shape index (κ3) is 5.88. The number of hydrogen-bond acceptors (Lipinski definition) is 3. The monoisotopic (exact) mass is 325 g/mol. The molecule has 1 rings (SSSR count). The van der Waals surface area contributed by atoms with Crippen LogP contribution in [-0.2, 0) is 9.59 Å². The first kappa shape index (κ1) is 18.9. The van der Waals surface area contributed by atoms with E-state index in [4.69, 9.17) is 4.74 Å². The molecule has 5 nitrogen and oxygen atoms in total. The van der Waals surface area contributed by atoms with E-state index in [2.05, 4.69) is 5.32 Å². The molecule has 0 aliphatic carbocycles. The van der Waals surface area contributed by atoms with Gasteiger partial charge in [-0.3, -0.25) is 4.79 Å². The minimum absolute atomic E-state index is 0.143. The molecule has 0 spiro atoms. The first-order valence-electron chi connectivity index (χ1n) is 7.81. The Morgan fingerprint density at radius 2 is 1.78 bits per heavy atom. The standard InChI is InChI=1S/C17H24FNO4/c1-4-12(5-2)11(3)16(20)19-10-15(17(21)22)23-14-8-6-13(18)7-9-14/h6-9,11-12,15H,4-5,10H2,1-3H3,(H,19,20)(H,21,22). The van der Waals surface area contributed by atoms with E-state index < -0.39 is 17.9 Å². The Hall–Kier alpha value is -2.11. The number of carboxylic acids is 1. The molecule has 0 bridgehead atoms. The largest absolute Gasteiger partial charge is 0.478 e. The van der Waals surface area contributed by atoms with Gasteiger partial charge in [0.2, 0.25) is 12.0 Å². The van der Waals surface area contributed by atoms with Gasteiger partial charge in [-0.25, -0.2) is 9.18 Å². The Morgan fingerprint density at radius 3 is 2.26 bits per heavy atom. The summed E-state index contributed by atoms with van der Waals surface area (Å²) >= 11 is 0. The second-order valence-electron chi connectivity index (χ2n) is 5.51. The van der Waals surface area contributed by atoms with Gasteiger partial charge >= 0.3 is 5.97 Å². The summed E-state index contributed by atoms with van der Waals surface area (Å²) in [4.78, 5) is 23.4. The fraction of sp³-hybridized carbons (Fsp3) is 0.529. The number of hydrogen-bond donors (Lipinski definition) is 2. The van der Waals surface area contributed by atoms with Crippen LogP contribution in [0.2, 0.25) is 0 Å². The fourth-order valence-electron chi connectivity index (χ4n) is 2.42. The van der Waals surface area contributed by atoms with Crippen molar-refractivity contribution in [3.05, 3.63) is 30.1 Å². The van der Waals surface area contributed by atoms with E-state index in [1.807, 2.05) is 20.8 Å². The summed E-state index contributed by atoms with van der Waals surface area (Å²) in [6.45, 7) is 5.74. The molecule has 0 saturated carbocycles.